The summed E-state index contributed by atoms with van der Waals surface area (Å²) in [7, 11) is 0. The zero-order valence-electron chi connectivity index (χ0n) is 23.2. The van der Waals surface area contributed by atoms with Crippen molar-refractivity contribution < 1.29 is 4.42 Å². The monoisotopic (exact) mass is 594 g/mol. The van der Waals surface area contributed by atoms with Crippen LogP contribution in [0.5, 0.6) is 0 Å². The van der Waals surface area contributed by atoms with E-state index in [1.807, 2.05) is 23.1 Å². The summed E-state index contributed by atoms with van der Waals surface area (Å²) in [5.74, 6) is 0. The Balaban J connectivity index is 1.37. The molecule has 6 aromatic carbocycles. The normalized spacial score (nSPS) is 14.2. The lowest BCUT2D eigenvalue weighted by molar-refractivity contribution is 0.670. The summed E-state index contributed by atoms with van der Waals surface area (Å²) >= 11 is 3.80. The minimum Gasteiger partial charge on any atom is -0.455 e. The molecule has 0 fully saturated rings. The van der Waals surface area contributed by atoms with Crippen molar-refractivity contribution in [2.24, 2.45) is 0 Å². The average Bonchev–Trinajstić information content (AvgIpc) is 3.73. The topological polar surface area (TPSA) is 21.3 Å². The first-order valence-corrected chi connectivity index (χ1v) is 16.6. The second kappa shape index (κ2) is 7.59. The Morgan fingerprint density at radius 2 is 1.43 bits per heavy atom. The standard InChI is InChI=1S/C38H19BN2OS2/c1-4-15-28-20(9-1)24-19-27-33-32(37(24)42-28)22-11-7-12-23-34(22)41(35-21-10-2-5-16-29(21)44-38(23)35)39(33)25-13-8-18-31-36(25)40(27)26-14-3-6-17-30(26)43-31/h1-19H. The lowest BCUT2D eigenvalue weighted by Gasteiger charge is -2.43. The molecule has 0 radical (unpaired) electrons. The van der Waals surface area contributed by atoms with Gasteiger partial charge in [0.1, 0.15) is 11.2 Å². The molecule has 202 valence electrons. The van der Waals surface area contributed by atoms with Crippen molar-refractivity contribution >= 4 is 111 Å². The first-order valence-electron chi connectivity index (χ1n) is 15.0. The molecular weight excluding hydrogens is 575 g/mol. The van der Waals surface area contributed by atoms with E-state index in [4.69, 9.17) is 4.42 Å². The van der Waals surface area contributed by atoms with Crippen LogP contribution in [0.25, 0.3) is 64.3 Å². The van der Waals surface area contributed by atoms with Gasteiger partial charge in [0, 0.05) is 58.4 Å². The van der Waals surface area contributed by atoms with Gasteiger partial charge in [0.15, 0.2) is 0 Å². The van der Waals surface area contributed by atoms with Crippen LogP contribution in [0, 0.1) is 0 Å². The highest BCUT2D eigenvalue weighted by molar-refractivity contribution is 7.99. The molecule has 0 spiro atoms. The minimum atomic E-state index is 0.0163. The second-order valence-electron chi connectivity index (χ2n) is 12.0. The lowest BCUT2D eigenvalue weighted by atomic mass is 9.45. The number of anilines is 3. The summed E-state index contributed by atoms with van der Waals surface area (Å²) in [6, 6.07) is 42.5. The molecule has 0 unspecified atom stereocenters. The number of furan rings is 1. The van der Waals surface area contributed by atoms with Crippen LogP contribution in [-0.2, 0) is 0 Å². The summed E-state index contributed by atoms with van der Waals surface area (Å²) < 4.78 is 12.2. The Kier molecular flexibility index (Phi) is 3.90. The predicted octanol–water partition coefficient (Wildman–Crippen LogP) is 9.79. The maximum absolute atomic E-state index is 6.83. The Hall–Kier alpha value is -4.91. The van der Waals surface area contributed by atoms with Crippen LogP contribution < -0.4 is 15.8 Å². The van der Waals surface area contributed by atoms with Crippen molar-refractivity contribution in [3.8, 4) is 11.1 Å². The lowest BCUT2D eigenvalue weighted by Crippen LogP contribution is -2.57. The van der Waals surface area contributed by atoms with Crippen LogP contribution >= 0.6 is 23.1 Å². The first-order chi connectivity index (χ1) is 21.8. The number of rotatable bonds is 0. The molecule has 0 saturated heterocycles. The molecule has 0 saturated carbocycles. The third-order valence-electron chi connectivity index (χ3n) is 9.94. The predicted molar refractivity (Wildman–Crippen MR) is 187 cm³/mol. The molecule has 0 atom stereocenters. The Morgan fingerprint density at radius 1 is 0.636 bits per heavy atom. The molecule has 3 aliphatic heterocycles. The summed E-state index contributed by atoms with van der Waals surface area (Å²) in [5.41, 5.74) is 13.5. The van der Waals surface area contributed by atoms with Crippen molar-refractivity contribution in [1.82, 2.24) is 4.48 Å². The number of aromatic nitrogens is 1. The van der Waals surface area contributed by atoms with Crippen LogP contribution in [0.2, 0.25) is 0 Å². The first kappa shape index (κ1) is 22.6. The van der Waals surface area contributed by atoms with Crippen LogP contribution in [-0.4, -0.2) is 11.3 Å². The molecule has 6 heterocycles. The van der Waals surface area contributed by atoms with E-state index in [2.05, 4.69) is 125 Å². The van der Waals surface area contributed by atoms with Crippen LogP contribution in [0.3, 0.4) is 0 Å². The Labute approximate surface area is 260 Å². The van der Waals surface area contributed by atoms with Gasteiger partial charge in [0.05, 0.1) is 21.6 Å². The maximum Gasteiger partial charge on any atom is 0.333 e. The molecule has 3 aromatic heterocycles. The van der Waals surface area contributed by atoms with E-state index in [9.17, 15) is 0 Å². The molecule has 44 heavy (non-hydrogen) atoms. The summed E-state index contributed by atoms with van der Waals surface area (Å²) in [5, 5.41) is 4.99. The third kappa shape index (κ3) is 2.46. The third-order valence-corrected chi connectivity index (χ3v) is 12.2. The van der Waals surface area contributed by atoms with Gasteiger partial charge in [0.25, 0.3) is 0 Å². The van der Waals surface area contributed by atoms with Crippen LogP contribution in [0.15, 0.2) is 129 Å². The number of thiophene rings is 1. The molecule has 9 aromatic rings. The van der Waals surface area contributed by atoms with Gasteiger partial charge in [-0.2, -0.15) is 0 Å². The van der Waals surface area contributed by atoms with Gasteiger partial charge in [-0.1, -0.05) is 90.6 Å². The quantitative estimate of drug-likeness (QED) is 0.163. The molecule has 0 bridgehead atoms. The average molecular weight is 595 g/mol. The number of hydrogen-bond donors (Lipinski definition) is 0. The summed E-state index contributed by atoms with van der Waals surface area (Å²) in [6.07, 6.45) is 0. The molecule has 12 rings (SSSR count). The molecule has 0 N–H and O–H groups in total. The summed E-state index contributed by atoms with van der Waals surface area (Å²) in [4.78, 5) is 5.14. The molecule has 6 heteroatoms. The van der Waals surface area contributed by atoms with Crippen molar-refractivity contribution in [1.29, 1.82) is 0 Å². The van der Waals surface area contributed by atoms with Gasteiger partial charge in [-0.25, -0.2) is 0 Å². The van der Waals surface area contributed by atoms with E-state index in [1.165, 1.54) is 85.5 Å². The van der Waals surface area contributed by atoms with Crippen molar-refractivity contribution in [2.75, 3.05) is 4.90 Å². The van der Waals surface area contributed by atoms with Gasteiger partial charge < -0.3 is 13.8 Å². The number of para-hydroxylation sites is 4. The van der Waals surface area contributed by atoms with Crippen molar-refractivity contribution in [2.45, 2.75) is 9.79 Å². The summed E-state index contributed by atoms with van der Waals surface area (Å²) in [6.45, 7) is 0.0163. The smallest absolute Gasteiger partial charge is 0.333 e. The SMILES string of the molecule is c1ccc2c(c1)Sc1cccc3c1N2c1cc2c(oc4ccccc42)c2c1B3n1c3c-2cccc3c2sc3ccccc3c21. The highest BCUT2D eigenvalue weighted by atomic mass is 32.2. The highest BCUT2D eigenvalue weighted by Gasteiger charge is 2.46. The van der Waals surface area contributed by atoms with Crippen LogP contribution in [0.4, 0.5) is 17.1 Å². The van der Waals surface area contributed by atoms with E-state index in [0.717, 1.165) is 16.6 Å². The molecular formula is C38H19BN2OS2. The van der Waals surface area contributed by atoms with Crippen molar-refractivity contribution in [3.05, 3.63) is 115 Å². The fourth-order valence-corrected chi connectivity index (χ4v) is 10.6. The fourth-order valence-electron chi connectivity index (χ4n) is 8.32. The molecule has 3 aliphatic rings. The van der Waals surface area contributed by atoms with E-state index in [-0.39, 0.29) is 6.85 Å². The van der Waals surface area contributed by atoms with E-state index < -0.39 is 0 Å². The number of benzene rings is 6. The van der Waals surface area contributed by atoms with E-state index >= 15 is 0 Å². The highest BCUT2D eigenvalue weighted by Crippen LogP contribution is 2.55. The fraction of sp³-hybridized carbons (Fsp3) is 0. The van der Waals surface area contributed by atoms with Gasteiger partial charge in [-0.05, 0) is 47.3 Å². The zero-order valence-corrected chi connectivity index (χ0v) is 24.8. The molecule has 3 nitrogen and oxygen atoms in total. The van der Waals surface area contributed by atoms with E-state index in [0.29, 0.717) is 0 Å². The largest absolute Gasteiger partial charge is 0.455 e. The molecule has 0 aliphatic carbocycles. The maximum atomic E-state index is 6.83. The number of hydrogen-bond acceptors (Lipinski definition) is 4. The Bertz CT molecular complexity index is 2790. The Morgan fingerprint density at radius 3 is 2.41 bits per heavy atom. The van der Waals surface area contributed by atoms with Gasteiger partial charge in [0.2, 0.25) is 0 Å². The number of nitrogens with zero attached hydrogens (tertiary/aromatic N) is 2. The van der Waals surface area contributed by atoms with Gasteiger partial charge >= 0.3 is 6.85 Å². The van der Waals surface area contributed by atoms with Gasteiger partial charge in [-0.15, -0.1) is 11.3 Å². The molecule has 0 amide bonds. The van der Waals surface area contributed by atoms with E-state index in [1.54, 1.807) is 0 Å². The minimum absolute atomic E-state index is 0.0163. The van der Waals surface area contributed by atoms with Crippen LogP contribution in [0.1, 0.15) is 0 Å². The zero-order chi connectivity index (χ0) is 28.3. The van der Waals surface area contributed by atoms with Gasteiger partial charge in [-0.3, -0.25) is 0 Å². The second-order valence-corrected chi connectivity index (χ2v) is 14.1. The van der Waals surface area contributed by atoms with Crippen molar-refractivity contribution in [3.63, 3.8) is 0 Å². The number of fused-ring (bicyclic) bond motifs is 15.